The number of furan rings is 1. The molecular formula is C39H34B10N4O. The molecule has 6 aromatic carbocycles. The lowest BCUT2D eigenvalue weighted by Gasteiger charge is -2.20. The molecule has 15 heteroatoms. The summed E-state index contributed by atoms with van der Waals surface area (Å²) in [6.45, 7) is 0. The first-order valence-corrected chi connectivity index (χ1v) is 18.8. The van der Waals surface area contributed by atoms with Crippen LogP contribution in [-0.2, 0) is 0 Å². The second-order valence-electron chi connectivity index (χ2n) is 15.2. The van der Waals surface area contributed by atoms with Crippen molar-refractivity contribution < 1.29 is 4.42 Å². The Hall–Kier alpha value is -5.42. The number of rotatable bonds is 4. The summed E-state index contributed by atoms with van der Waals surface area (Å²) in [5, 5.41) is 4.49. The van der Waals surface area contributed by atoms with Crippen LogP contribution in [0.2, 0.25) is 0 Å². The minimum atomic E-state index is 0.589. The summed E-state index contributed by atoms with van der Waals surface area (Å²) in [6, 6.07) is 30.0. The van der Waals surface area contributed by atoms with Gasteiger partial charge in [0.1, 0.15) is 89.6 Å². The highest BCUT2D eigenvalue weighted by Gasteiger charge is 2.22. The molecule has 54 heavy (non-hydrogen) atoms. The van der Waals surface area contributed by atoms with E-state index in [0.717, 1.165) is 54.9 Å². The van der Waals surface area contributed by atoms with Gasteiger partial charge in [-0.15, -0.1) is 32.8 Å². The van der Waals surface area contributed by atoms with Gasteiger partial charge in [-0.05, 0) is 47.5 Å². The number of benzene rings is 6. The van der Waals surface area contributed by atoms with E-state index in [0.29, 0.717) is 17.6 Å². The molecule has 0 amide bonds. The Labute approximate surface area is 324 Å². The monoisotopic (exact) mass is 684 g/mol. The predicted octanol–water partition coefficient (Wildman–Crippen LogP) is -7.55. The van der Waals surface area contributed by atoms with Crippen LogP contribution in [0.15, 0.2) is 89.3 Å². The Bertz CT molecular complexity index is 2970. The highest BCUT2D eigenvalue weighted by molar-refractivity contribution is 6.69. The summed E-state index contributed by atoms with van der Waals surface area (Å²) >= 11 is 0. The number of para-hydroxylation sites is 2. The van der Waals surface area contributed by atoms with Crippen LogP contribution in [-0.4, -0.2) is 98.0 Å². The van der Waals surface area contributed by atoms with Crippen LogP contribution in [0, 0.1) is 0 Å². The average Bonchev–Trinajstić information content (AvgIpc) is 3.73. The quantitative estimate of drug-likeness (QED) is 0.173. The highest BCUT2D eigenvalue weighted by Crippen LogP contribution is 2.35. The van der Waals surface area contributed by atoms with Gasteiger partial charge in [-0.1, -0.05) is 70.4 Å². The molecule has 0 saturated heterocycles. The van der Waals surface area contributed by atoms with E-state index in [1.165, 1.54) is 65.8 Å². The molecule has 3 heterocycles. The molecule has 0 spiro atoms. The van der Waals surface area contributed by atoms with Gasteiger partial charge in [-0.2, -0.15) is 9.97 Å². The predicted molar refractivity (Wildman–Crippen MR) is 260 cm³/mol. The second kappa shape index (κ2) is 12.6. The van der Waals surface area contributed by atoms with Crippen LogP contribution >= 0.6 is 0 Å². The van der Waals surface area contributed by atoms with E-state index in [4.69, 9.17) is 19.4 Å². The molecule has 0 fully saturated rings. The molecule has 0 saturated carbocycles. The fourth-order valence-corrected chi connectivity index (χ4v) is 8.68. The average molecular weight is 683 g/mol. The third-order valence-electron chi connectivity index (χ3n) is 12.6. The van der Waals surface area contributed by atoms with Gasteiger partial charge in [-0.3, -0.25) is 4.57 Å². The van der Waals surface area contributed by atoms with E-state index in [-0.39, 0.29) is 0 Å². The zero-order valence-corrected chi connectivity index (χ0v) is 32.8. The fourth-order valence-electron chi connectivity index (χ4n) is 8.68. The summed E-state index contributed by atoms with van der Waals surface area (Å²) in [6.07, 6.45) is 0. The fraction of sp³-hybridized carbons (Fsp3) is 0. The standard InChI is InChI=1S/C39H34B10N4O/c40-27-25(28(41)32(45)35(48)31(27)44)15-9-11-19-20-12-10-16(14-24(20)54-23(19)13-15)37-50-38(26-29(42)33(46)36(49)34(47)30(26)43)52-39(51-37)53-21-7-3-1-5-17(21)18-6-2-4-8-22(18)53/h1-14H,40-49H2. The van der Waals surface area contributed by atoms with E-state index < -0.39 is 0 Å². The molecule has 5 nitrogen and oxygen atoms in total. The van der Waals surface area contributed by atoms with Crippen molar-refractivity contribution in [3.05, 3.63) is 84.9 Å². The molecule has 9 rings (SSSR count). The molecule has 9 aromatic rings. The van der Waals surface area contributed by atoms with Gasteiger partial charge < -0.3 is 4.42 Å². The zero-order chi connectivity index (χ0) is 37.7. The van der Waals surface area contributed by atoms with E-state index in [1.54, 1.807) is 0 Å². The number of nitrogens with zero attached hydrogens (tertiary/aromatic N) is 4. The SMILES string of the molecule is Bc1c(B)c(B)c(-c2ccc3c(c2)oc2cc(-c4nc(-c5c(B)c(B)c(B)c(B)c5B)nc(-n5c6ccccc6c6ccccc65)n4)ccc23)c(B)c1B. The van der Waals surface area contributed by atoms with Crippen LogP contribution in [0.25, 0.3) is 83.6 Å². The van der Waals surface area contributed by atoms with Crippen LogP contribution in [0.4, 0.5) is 0 Å². The van der Waals surface area contributed by atoms with Crippen molar-refractivity contribution in [2.24, 2.45) is 0 Å². The Morgan fingerprint density at radius 3 is 1.35 bits per heavy atom. The van der Waals surface area contributed by atoms with Gasteiger partial charge in [0, 0.05) is 32.7 Å². The Kier molecular flexibility index (Phi) is 8.00. The molecule has 0 aliphatic carbocycles. The van der Waals surface area contributed by atoms with E-state index in [1.807, 2.05) is 0 Å². The van der Waals surface area contributed by atoms with Gasteiger partial charge in [-0.25, -0.2) is 4.98 Å². The number of aromatic nitrogens is 4. The maximum absolute atomic E-state index is 6.68. The maximum atomic E-state index is 6.68. The minimum absolute atomic E-state index is 0.589. The minimum Gasteiger partial charge on any atom is -0.456 e. The van der Waals surface area contributed by atoms with Crippen molar-refractivity contribution in [3.63, 3.8) is 0 Å². The normalized spacial score (nSPS) is 11.7. The van der Waals surface area contributed by atoms with Gasteiger partial charge in [0.2, 0.25) is 5.95 Å². The van der Waals surface area contributed by atoms with Crippen molar-refractivity contribution in [3.8, 4) is 39.9 Å². The third kappa shape index (κ3) is 5.04. The zero-order valence-electron chi connectivity index (χ0n) is 32.8. The van der Waals surface area contributed by atoms with Crippen LogP contribution in [0.5, 0.6) is 0 Å². The molecule has 0 aliphatic heterocycles. The van der Waals surface area contributed by atoms with Crippen LogP contribution in [0.1, 0.15) is 0 Å². The number of fused-ring (bicyclic) bond motifs is 6. The van der Waals surface area contributed by atoms with Gasteiger partial charge in [0.15, 0.2) is 11.6 Å². The van der Waals surface area contributed by atoms with Crippen molar-refractivity contribution in [1.29, 1.82) is 0 Å². The summed E-state index contributed by atoms with van der Waals surface area (Å²) in [5.74, 6) is 1.86. The van der Waals surface area contributed by atoms with Gasteiger partial charge in [0.05, 0.1) is 11.0 Å². The highest BCUT2D eigenvalue weighted by atomic mass is 16.3. The number of hydrogen-bond donors (Lipinski definition) is 0. The molecular weight excluding hydrogens is 649 g/mol. The van der Waals surface area contributed by atoms with E-state index >= 15 is 0 Å². The molecule has 0 unspecified atom stereocenters. The number of hydrogen-bond acceptors (Lipinski definition) is 4. The van der Waals surface area contributed by atoms with Crippen molar-refractivity contribution in [2.75, 3.05) is 0 Å². The smallest absolute Gasteiger partial charge is 0.238 e. The molecule has 0 aliphatic rings. The third-order valence-corrected chi connectivity index (χ3v) is 12.6. The lowest BCUT2D eigenvalue weighted by Crippen LogP contribution is -2.55. The summed E-state index contributed by atoms with van der Waals surface area (Å²) in [5.41, 5.74) is 21.1. The maximum Gasteiger partial charge on any atom is 0.238 e. The molecule has 0 N–H and O–H groups in total. The van der Waals surface area contributed by atoms with Crippen LogP contribution < -0.4 is 54.6 Å². The first kappa shape index (κ1) is 34.4. The van der Waals surface area contributed by atoms with Gasteiger partial charge in [0.25, 0.3) is 0 Å². The van der Waals surface area contributed by atoms with Crippen molar-refractivity contribution in [1.82, 2.24) is 19.5 Å². The Morgan fingerprint density at radius 1 is 0.389 bits per heavy atom. The Balaban J connectivity index is 1.27. The van der Waals surface area contributed by atoms with Gasteiger partial charge >= 0.3 is 0 Å². The molecule has 3 aromatic heterocycles. The summed E-state index contributed by atoms with van der Waals surface area (Å²) in [4.78, 5) is 15.8. The molecule has 0 radical (unpaired) electrons. The second-order valence-corrected chi connectivity index (χ2v) is 15.2. The Morgan fingerprint density at radius 2 is 0.815 bits per heavy atom. The molecule has 246 valence electrons. The lowest BCUT2D eigenvalue weighted by atomic mass is 9.59. The topological polar surface area (TPSA) is 56.7 Å². The summed E-state index contributed by atoms with van der Waals surface area (Å²) in [7, 11) is 22.1. The lowest BCUT2D eigenvalue weighted by molar-refractivity contribution is 0.669. The van der Waals surface area contributed by atoms with Crippen molar-refractivity contribution in [2.45, 2.75) is 0 Å². The van der Waals surface area contributed by atoms with E-state index in [9.17, 15) is 0 Å². The first-order valence-electron chi connectivity index (χ1n) is 18.8. The summed E-state index contributed by atoms with van der Waals surface area (Å²) < 4.78 is 8.86. The van der Waals surface area contributed by atoms with Crippen molar-refractivity contribution >= 4 is 177 Å². The first-order chi connectivity index (χ1) is 25.9. The molecule has 0 bridgehead atoms. The largest absolute Gasteiger partial charge is 0.456 e. The van der Waals surface area contributed by atoms with E-state index in [2.05, 4.69) is 168 Å². The molecule has 0 atom stereocenters. The van der Waals surface area contributed by atoms with Crippen LogP contribution in [0.3, 0.4) is 0 Å².